The Labute approximate surface area is 131 Å². The second-order valence-electron chi connectivity index (χ2n) is 5.61. The summed E-state index contributed by atoms with van der Waals surface area (Å²) >= 11 is 0. The number of carbonyl (C=O) groups is 1. The van der Waals surface area contributed by atoms with E-state index in [4.69, 9.17) is 4.74 Å². The van der Waals surface area contributed by atoms with Crippen LogP contribution in [0.1, 0.15) is 24.8 Å². The van der Waals surface area contributed by atoms with Gasteiger partial charge in [-0.1, -0.05) is 0 Å². The third-order valence-corrected chi connectivity index (χ3v) is 5.65. The van der Waals surface area contributed by atoms with Crippen LogP contribution in [0, 0.1) is 6.92 Å². The molecule has 122 valence electrons. The number of benzene rings is 1. The maximum Gasteiger partial charge on any atom is 0.253 e. The molecule has 7 heteroatoms. The third-order valence-electron chi connectivity index (χ3n) is 3.67. The fraction of sp³-hybridized carbons (Fsp3) is 0.533. The van der Waals surface area contributed by atoms with Gasteiger partial charge in [0.05, 0.1) is 4.90 Å². The molecule has 22 heavy (non-hydrogen) atoms. The smallest absolute Gasteiger partial charge is 0.253 e. The largest absolute Gasteiger partial charge is 0.368 e. The molecule has 0 spiro atoms. The second-order valence-corrected chi connectivity index (χ2v) is 7.73. The molecule has 0 aromatic heterocycles. The molecule has 1 unspecified atom stereocenters. The summed E-state index contributed by atoms with van der Waals surface area (Å²) in [6.45, 7) is 2.32. The van der Waals surface area contributed by atoms with Gasteiger partial charge in [0.1, 0.15) is 6.10 Å². The Morgan fingerprint density at radius 1 is 1.32 bits per heavy atom. The first-order chi connectivity index (χ1) is 10.3. The first kappa shape index (κ1) is 16.9. The highest BCUT2D eigenvalue weighted by molar-refractivity contribution is 7.89. The van der Waals surface area contributed by atoms with Crippen molar-refractivity contribution in [2.75, 3.05) is 26.0 Å². The lowest BCUT2D eigenvalue weighted by atomic mass is 10.1. The van der Waals surface area contributed by atoms with Crippen molar-refractivity contribution < 1.29 is 17.9 Å². The van der Waals surface area contributed by atoms with Crippen molar-refractivity contribution in [3.8, 4) is 0 Å². The molecule has 0 aliphatic carbocycles. The summed E-state index contributed by atoms with van der Waals surface area (Å²) < 4.78 is 30.9. The number of nitrogens with zero attached hydrogens (tertiary/aromatic N) is 1. The van der Waals surface area contributed by atoms with E-state index in [1.807, 2.05) is 0 Å². The topological polar surface area (TPSA) is 75.7 Å². The highest BCUT2D eigenvalue weighted by atomic mass is 32.2. The predicted octanol–water partition coefficient (Wildman–Crippen LogP) is 1.75. The van der Waals surface area contributed by atoms with Crippen LogP contribution in [0.5, 0.6) is 0 Å². The molecule has 2 rings (SSSR count). The molecule has 0 radical (unpaired) electrons. The monoisotopic (exact) mass is 326 g/mol. The number of carbonyl (C=O) groups excluding carboxylic acids is 1. The van der Waals surface area contributed by atoms with Crippen molar-refractivity contribution >= 4 is 21.6 Å². The lowest BCUT2D eigenvalue weighted by Crippen LogP contribution is -2.33. The van der Waals surface area contributed by atoms with Crippen LogP contribution in [-0.2, 0) is 19.6 Å². The summed E-state index contributed by atoms with van der Waals surface area (Å²) in [5.74, 6) is -0.178. The summed E-state index contributed by atoms with van der Waals surface area (Å²) in [6, 6.07) is 4.78. The average molecular weight is 326 g/mol. The first-order valence-electron chi connectivity index (χ1n) is 7.28. The Morgan fingerprint density at radius 2 is 2.05 bits per heavy atom. The van der Waals surface area contributed by atoms with E-state index in [0.29, 0.717) is 17.9 Å². The van der Waals surface area contributed by atoms with Crippen LogP contribution in [0.15, 0.2) is 23.1 Å². The molecule has 0 saturated carbocycles. The maximum absolute atomic E-state index is 12.2. The predicted molar refractivity (Wildman–Crippen MR) is 84.3 cm³/mol. The minimum atomic E-state index is -3.48. The van der Waals surface area contributed by atoms with Gasteiger partial charge in [0.15, 0.2) is 0 Å². The van der Waals surface area contributed by atoms with Crippen LogP contribution in [0.25, 0.3) is 0 Å². The quantitative estimate of drug-likeness (QED) is 0.914. The van der Waals surface area contributed by atoms with Crippen molar-refractivity contribution in [2.24, 2.45) is 0 Å². The van der Waals surface area contributed by atoms with Gasteiger partial charge < -0.3 is 10.1 Å². The fourth-order valence-corrected chi connectivity index (χ4v) is 3.48. The fourth-order valence-electron chi connectivity index (χ4n) is 2.38. The van der Waals surface area contributed by atoms with E-state index >= 15 is 0 Å². The zero-order chi connectivity index (χ0) is 16.3. The van der Waals surface area contributed by atoms with E-state index in [0.717, 1.165) is 19.3 Å². The van der Waals surface area contributed by atoms with Crippen molar-refractivity contribution in [1.82, 2.24) is 4.31 Å². The molecule has 1 fully saturated rings. The van der Waals surface area contributed by atoms with Gasteiger partial charge in [-0.25, -0.2) is 12.7 Å². The van der Waals surface area contributed by atoms with Crippen molar-refractivity contribution in [3.63, 3.8) is 0 Å². The first-order valence-corrected chi connectivity index (χ1v) is 8.72. The van der Waals surface area contributed by atoms with Gasteiger partial charge in [-0.3, -0.25) is 4.79 Å². The number of hydrogen-bond acceptors (Lipinski definition) is 4. The molecule has 1 N–H and O–H groups in total. The van der Waals surface area contributed by atoms with Crippen LogP contribution < -0.4 is 5.32 Å². The SMILES string of the molecule is Cc1cc(NC(=O)C2CCCCO2)ccc1S(=O)(=O)N(C)C. The van der Waals surface area contributed by atoms with Gasteiger partial charge in [0.25, 0.3) is 5.91 Å². The lowest BCUT2D eigenvalue weighted by molar-refractivity contribution is -0.129. The van der Waals surface area contributed by atoms with Crippen LogP contribution in [0.4, 0.5) is 5.69 Å². The number of aryl methyl sites for hydroxylation is 1. The minimum Gasteiger partial charge on any atom is -0.368 e. The maximum atomic E-state index is 12.2. The molecule has 1 heterocycles. The number of amides is 1. The molecule has 1 aliphatic rings. The van der Waals surface area contributed by atoms with Crippen molar-refractivity contribution in [1.29, 1.82) is 0 Å². The van der Waals surface area contributed by atoms with Gasteiger partial charge in [0.2, 0.25) is 10.0 Å². The summed E-state index contributed by atoms with van der Waals surface area (Å²) in [5, 5.41) is 2.79. The highest BCUT2D eigenvalue weighted by Crippen LogP contribution is 2.22. The molecule has 1 atom stereocenters. The van der Waals surface area contributed by atoms with E-state index in [9.17, 15) is 13.2 Å². The molecular formula is C15H22N2O4S. The normalized spacial score (nSPS) is 19.2. The Balaban J connectivity index is 2.14. The van der Waals surface area contributed by atoms with Gasteiger partial charge >= 0.3 is 0 Å². The van der Waals surface area contributed by atoms with Gasteiger partial charge in [-0.05, 0) is 49.9 Å². The number of rotatable bonds is 4. The molecule has 0 bridgehead atoms. The molecular weight excluding hydrogens is 304 g/mol. The average Bonchev–Trinajstić information content (AvgIpc) is 2.47. The molecule has 1 aromatic carbocycles. The van der Waals surface area contributed by atoms with E-state index in [1.165, 1.54) is 24.5 Å². The van der Waals surface area contributed by atoms with Crippen LogP contribution in [-0.4, -0.2) is 45.4 Å². The van der Waals surface area contributed by atoms with Crippen LogP contribution >= 0.6 is 0 Å². The Hall–Kier alpha value is -1.44. The third kappa shape index (κ3) is 3.66. The summed E-state index contributed by atoms with van der Waals surface area (Å²) in [4.78, 5) is 12.3. The zero-order valence-electron chi connectivity index (χ0n) is 13.1. The molecule has 6 nitrogen and oxygen atoms in total. The zero-order valence-corrected chi connectivity index (χ0v) is 13.9. The number of nitrogens with one attached hydrogen (secondary N) is 1. The summed E-state index contributed by atoms with van der Waals surface area (Å²) in [7, 11) is -0.495. The standard InChI is InChI=1S/C15H22N2O4S/c1-11-10-12(7-8-14(11)22(19,20)17(2)3)16-15(18)13-6-4-5-9-21-13/h7-8,10,13H,4-6,9H2,1-3H3,(H,16,18). The number of ether oxygens (including phenoxy) is 1. The number of anilines is 1. The summed E-state index contributed by atoms with van der Waals surface area (Å²) in [5.41, 5.74) is 1.17. The molecule has 1 amide bonds. The van der Waals surface area contributed by atoms with Crippen molar-refractivity contribution in [3.05, 3.63) is 23.8 Å². The van der Waals surface area contributed by atoms with E-state index in [1.54, 1.807) is 19.1 Å². The lowest BCUT2D eigenvalue weighted by Gasteiger charge is -2.22. The summed E-state index contributed by atoms with van der Waals surface area (Å²) in [6.07, 6.45) is 2.27. The highest BCUT2D eigenvalue weighted by Gasteiger charge is 2.23. The van der Waals surface area contributed by atoms with Gasteiger partial charge in [0, 0.05) is 26.4 Å². The van der Waals surface area contributed by atoms with Crippen LogP contribution in [0.3, 0.4) is 0 Å². The van der Waals surface area contributed by atoms with E-state index < -0.39 is 16.1 Å². The number of sulfonamides is 1. The molecule has 1 aromatic rings. The van der Waals surface area contributed by atoms with Crippen molar-refractivity contribution in [2.45, 2.75) is 37.2 Å². The van der Waals surface area contributed by atoms with Crippen LogP contribution in [0.2, 0.25) is 0 Å². The van der Waals surface area contributed by atoms with E-state index in [2.05, 4.69) is 5.32 Å². The second kappa shape index (κ2) is 6.76. The van der Waals surface area contributed by atoms with E-state index in [-0.39, 0.29) is 10.8 Å². The Kier molecular flexibility index (Phi) is 5.20. The molecule has 1 saturated heterocycles. The molecule has 1 aliphatic heterocycles. The minimum absolute atomic E-state index is 0.178. The van der Waals surface area contributed by atoms with Gasteiger partial charge in [-0.15, -0.1) is 0 Å². The Bertz CT molecular complexity index is 650. The Morgan fingerprint density at radius 3 is 2.59 bits per heavy atom. The van der Waals surface area contributed by atoms with Gasteiger partial charge in [-0.2, -0.15) is 0 Å². The number of hydrogen-bond donors (Lipinski definition) is 1.